The highest BCUT2D eigenvalue weighted by atomic mass is 16.1. The molecule has 27 heavy (non-hydrogen) atoms. The van der Waals surface area contributed by atoms with Gasteiger partial charge in [0.25, 0.3) is 5.91 Å². The van der Waals surface area contributed by atoms with Crippen molar-refractivity contribution >= 4 is 11.9 Å². The number of fused-ring (bicyclic) bond motifs is 1. The largest absolute Gasteiger partial charge is 0.354 e. The molecule has 8 heteroatoms. The van der Waals surface area contributed by atoms with Gasteiger partial charge in [0, 0.05) is 54.4 Å². The fourth-order valence-electron chi connectivity index (χ4n) is 3.38. The summed E-state index contributed by atoms with van der Waals surface area (Å²) in [7, 11) is 1.61. The van der Waals surface area contributed by atoms with E-state index in [4.69, 9.17) is 4.98 Å². The molecule has 0 atom stereocenters. The predicted octanol–water partition coefficient (Wildman–Crippen LogP) is 1.80. The fourth-order valence-corrected chi connectivity index (χ4v) is 3.38. The molecular weight excluding hydrogens is 342 g/mol. The smallest absolute Gasteiger partial charge is 0.271 e. The molecular formula is C19H21N7O. The molecule has 1 aliphatic heterocycles. The first-order valence-electron chi connectivity index (χ1n) is 8.87. The monoisotopic (exact) mass is 363 g/mol. The summed E-state index contributed by atoms with van der Waals surface area (Å²) in [6.45, 7) is 5.26. The second kappa shape index (κ2) is 6.79. The molecule has 1 aliphatic rings. The third-order valence-corrected chi connectivity index (χ3v) is 4.80. The molecule has 0 radical (unpaired) electrons. The van der Waals surface area contributed by atoms with E-state index >= 15 is 0 Å². The summed E-state index contributed by atoms with van der Waals surface area (Å²) < 4.78 is 0. The van der Waals surface area contributed by atoms with Gasteiger partial charge in [-0.15, -0.1) is 0 Å². The van der Waals surface area contributed by atoms with Gasteiger partial charge in [0.05, 0.1) is 12.2 Å². The molecule has 0 aromatic carbocycles. The minimum atomic E-state index is -0.189. The second-order valence-corrected chi connectivity index (χ2v) is 6.61. The van der Waals surface area contributed by atoms with Crippen molar-refractivity contribution < 1.29 is 4.79 Å². The maximum Gasteiger partial charge on any atom is 0.271 e. The number of amides is 1. The van der Waals surface area contributed by atoms with Gasteiger partial charge in [0.1, 0.15) is 0 Å². The lowest BCUT2D eigenvalue weighted by Gasteiger charge is -2.27. The minimum Gasteiger partial charge on any atom is -0.354 e. The number of hydrogen-bond acceptors (Lipinski definition) is 6. The van der Waals surface area contributed by atoms with Gasteiger partial charge >= 0.3 is 0 Å². The molecule has 2 N–H and O–H groups in total. The zero-order chi connectivity index (χ0) is 19.0. The Labute approximate surface area is 157 Å². The lowest BCUT2D eigenvalue weighted by molar-refractivity contribution is 0.0957. The van der Waals surface area contributed by atoms with E-state index in [-0.39, 0.29) is 5.91 Å². The number of carbonyl (C=O) groups is 1. The van der Waals surface area contributed by atoms with Crippen LogP contribution in [0.5, 0.6) is 0 Å². The van der Waals surface area contributed by atoms with E-state index in [1.165, 1.54) is 0 Å². The zero-order valence-corrected chi connectivity index (χ0v) is 15.6. The summed E-state index contributed by atoms with van der Waals surface area (Å²) in [6, 6.07) is 5.92. The predicted molar refractivity (Wildman–Crippen MR) is 101 cm³/mol. The van der Waals surface area contributed by atoms with Crippen LogP contribution in [0.2, 0.25) is 0 Å². The quantitative estimate of drug-likeness (QED) is 0.736. The summed E-state index contributed by atoms with van der Waals surface area (Å²) in [5.41, 5.74) is 6.10. The molecule has 0 saturated heterocycles. The van der Waals surface area contributed by atoms with Crippen LogP contribution in [0.25, 0.3) is 11.3 Å². The Morgan fingerprint density at radius 1 is 1.22 bits per heavy atom. The van der Waals surface area contributed by atoms with Crippen molar-refractivity contribution in [3.05, 3.63) is 52.7 Å². The van der Waals surface area contributed by atoms with Crippen molar-refractivity contribution in [3.63, 3.8) is 0 Å². The van der Waals surface area contributed by atoms with Gasteiger partial charge in [0.2, 0.25) is 5.95 Å². The van der Waals surface area contributed by atoms with Crippen LogP contribution in [0.4, 0.5) is 5.95 Å². The van der Waals surface area contributed by atoms with Gasteiger partial charge in [-0.05, 0) is 32.0 Å². The highest BCUT2D eigenvalue weighted by Crippen LogP contribution is 2.26. The van der Waals surface area contributed by atoms with E-state index in [1.807, 2.05) is 32.0 Å². The standard InChI is InChI=1S/C19H21N7O/c1-11-4-5-13(12(2)22-11)15-6-8-21-19(23-15)26-9-7-16-14(10-26)17(25-24-16)18(27)20-3/h4-6,8H,7,9-10H2,1-3H3,(H,20,27)(H,24,25). The van der Waals surface area contributed by atoms with Crippen molar-refractivity contribution in [2.75, 3.05) is 18.5 Å². The van der Waals surface area contributed by atoms with E-state index < -0.39 is 0 Å². The highest BCUT2D eigenvalue weighted by molar-refractivity contribution is 5.93. The summed E-state index contributed by atoms with van der Waals surface area (Å²) >= 11 is 0. The maximum absolute atomic E-state index is 12.0. The normalized spacial score (nSPS) is 13.4. The Hall–Kier alpha value is -3.29. The number of H-pyrrole nitrogens is 1. The van der Waals surface area contributed by atoms with Crippen LogP contribution < -0.4 is 10.2 Å². The van der Waals surface area contributed by atoms with Gasteiger partial charge in [-0.25, -0.2) is 9.97 Å². The van der Waals surface area contributed by atoms with Crippen molar-refractivity contribution in [2.24, 2.45) is 0 Å². The maximum atomic E-state index is 12.0. The van der Waals surface area contributed by atoms with Crippen LogP contribution in [-0.2, 0) is 13.0 Å². The Kier molecular flexibility index (Phi) is 4.31. The molecule has 0 aliphatic carbocycles. The van der Waals surface area contributed by atoms with Gasteiger partial charge in [-0.2, -0.15) is 5.10 Å². The molecule has 4 rings (SSSR count). The zero-order valence-electron chi connectivity index (χ0n) is 15.6. The van der Waals surface area contributed by atoms with Crippen molar-refractivity contribution in [3.8, 4) is 11.3 Å². The number of hydrogen-bond donors (Lipinski definition) is 2. The molecule has 0 fully saturated rings. The summed E-state index contributed by atoms with van der Waals surface area (Å²) in [6.07, 6.45) is 2.53. The molecule has 0 bridgehead atoms. The van der Waals surface area contributed by atoms with Gasteiger partial charge in [-0.1, -0.05) is 0 Å². The number of nitrogens with one attached hydrogen (secondary N) is 2. The second-order valence-electron chi connectivity index (χ2n) is 6.61. The van der Waals surface area contributed by atoms with Crippen molar-refractivity contribution in [1.29, 1.82) is 0 Å². The minimum absolute atomic E-state index is 0.189. The Morgan fingerprint density at radius 3 is 2.85 bits per heavy atom. The van der Waals surface area contributed by atoms with Gasteiger partial charge < -0.3 is 10.2 Å². The molecule has 0 spiro atoms. The first-order valence-corrected chi connectivity index (χ1v) is 8.87. The summed E-state index contributed by atoms with van der Waals surface area (Å²) in [4.78, 5) is 27.8. The number of rotatable bonds is 3. The first kappa shape index (κ1) is 17.1. The Balaban J connectivity index is 1.65. The lowest BCUT2D eigenvalue weighted by Crippen LogP contribution is -2.33. The molecule has 3 aromatic rings. The van der Waals surface area contributed by atoms with E-state index in [0.717, 1.165) is 46.9 Å². The van der Waals surface area contributed by atoms with Crippen molar-refractivity contribution in [2.45, 2.75) is 26.8 Å². The Morgan fingerprint density at radius 2 is 2.07 bits per heavy atom. The molecule has 8 nitrogen and oxygen atoms in total. The number of aryl methyl sites for hydroxylation is 2. The fraction of sp³-hybridized carbons (Fsp3) is 0.316. The van der Waals surface area contributed by atoms with Crippen LogP contribution in [0, 0.1) is 13.8 Å². The highest BCUT2D eigenvalue weighted by Gasteiger charge is 2.26. The van der Waals surface area contributed by atoms with Crippen LogP contribution in [-0.4, -0.2) is 44.6 Å². The van der Waals surface area contributed by atoms with Crippen LogP contribution >= 0.6 is 0 Å². The van der Waals surface area contributed by atoms with Gasteiger partial charge in [-0.3, -0.25) is 14.9 Å². The van der Waals surface area contributed by atoms with Crippen LogP contribution in [0.3, 0.4) is 0 Å². The van der Waals surface area contributed by atoms with E-state index in [1.54, 1.807) is 13.2 Å². The van der Waals surface area contributed by atoms with E-state index in [9.17, 15) is 4.79 Å². The van der Waals surface area contributed by atoms with E-state index in [2.05, 4.69) is 30.4 Å². The number of anilines is 1. The number of aromatic nitrogens is 5. The average Bonchev–Trinajstić information content (AvgIpc) is 3.10. The van der Waals surface area contributed by atoms with E-state index in [0.29, 0.717) is 18.2 Å². The molecule has 0 unspecified atom stereocenters. The molecule has 0 saturated carbocycles. The average molecular weight is 363 g/mol. The van der Waals surface area contributed by atoms with Crippen molar-refractivity contribution in [1.82, 2.24) is 30.5 Å². The molecule has 3 aromatic heterocycles. The first-order chi connectivity index (χ1) is 13.1. The lowest BCUT2D eigenvalue weighted by atomic mass is 10.1. The summed E-state index contributed by atoms with van der Waals surface area (Å²) in [5, 5.41) is 9.78. The SMILES string of the molecule is CNC(=O)c1n[nH]c2c1CN(c1nccc(-c3ccc(C)nc3C)n1)CC2. The summed E-state index contributed by atoms with van der Waals surface area (Å²) in [5.74, 6) is 0.451. The van der Waals surface area contributed by atoms with Crippen LogP contribution in [0.1, 0.15) is 33.1 Å². The number of carbonyl (C=O) groups excluding carboxylic acids is 1. The number of pyridine rings is 1. The molecule has 4 heterocycles. The Bertz CT molecular complexity index is 1010. The van der Waals surface area contributed by atoms with Gasteiger partial charge in [0.15, 0.2) is 5.69 Å². The third-order valence-electron chi connectivity index (χ3n) is 4.80. The number of aromatic amines is 1. The third kappa shape index (κ3) is 3.14. The molecule has 1 amide bonds. The topological polar surface area (TPSA) is 99.7 Å². The number of nitrogens with zero attached hydrogens (tertiary/aromatic N) is 5. The molecule has 138 valence electrons. The van der Waals surface area contributed by atoms with Crippen LogP contribution in [0.15, 0.2) is 24.4 Å².